The second-order valence-corrected chi connectivity index (χ2v) is 3.38. The summed E-state index contributed by atoms with van der Waals surface area (Å²) in [5.41, 5.74) is 0.346. The summed E-state index contributed by atoms with van der Waals surface area (Å²) in [5.74, 6) is 0.578. The molecule has 1 aromatic rings. The first-order valence-electron chi connectivity index (χ1n) is 5.15. The molecule has 15 heavy (non-hydrogen) atoms. The molecule has 0 spiro atoms. The molecule has 0 aromatic carbocycles. The molecule has 0 radical (unpaired) electrons. The highest BCUT2D eigenvalue weighted by Crippen LogP contribution is 2.12. The standard InChI is InChI=1S/C10H16BNO3/c1-3-9(4-2)15-10-5-8(11(13)14)6-12-7-10/h5-7,9,13-14H,3-4H2,1-2H3. The highest BCUT2D eigenvalue weighted by Gasteiger charge is 2.13. The van der Waals surface area contributed by atoms with Crippen molar-refractivity contribution in [2.24, 2.45) is 0 Å². The van der Waals surface area contributed by atoms with Gasteiger partial charge in [0.25, 0.3) is 0 Å². The highest BCUT2D eigenvalue weighted by molar-refractivity contribution is 6.58. The molecule has 0 aliphatic heterocycles. The molecule has 0 fully saturated rings. The Morgan fingerprint density at radius 2 is 2.00 bits per heavy atom. The molecular weight excluding hydrogens is 193 g/mol. The molecule has 0 atom stereocenters. The monoisotopic (exact) mass is 209 g/mol. The first-order valence-corrected chi connectivity index (χ1v) is 5.15. The summed E-state index contributed by atoms with van der Waals surface area (Å²) in [4.78, 5) is 3.88. The minimum Gasteiger partial charge on any atom is -0.489 e. The van der Waals surface area contributed by atoms with Gasteiger partial charge in [-0.2, -0.15) is 0 Å². The van der Waals surface area contributed by atoms with E-state index in [1.54, 1.807) is 12.3 Å². The maximum atomic E-state index is 8.96. The Morgan fingerprint density at radius 3 is 2.53 bits per heavy atom. The van der Waals surface area contributed by atoms with Gasteiger partial charge in [0.05, 0.1) is 12.3 Å². The van der Waals surface area contributed by atoms with Crippen LogP contribution in [-0.2, 0) is 0 Å². The lowest BCUT2D eigenvalue weighted by Crippen LogP contribution is -2.30. The van der Waals surface area contributed by atoms with Crippen LogP contribution in [0.4, 0.5) is 0 Å². The molecule has 0 amide bonds. The van der Waals surface area contributed by atoms with Gasteiger partial charge in [-0.3, -0.25) is 4.98 Å². The van der Waals surface area contributed by atoms with Gasteiger partial charge in [0.2, 0.25) is 0 Å². The average molecular weight is 209 g/mol. The molecule has 1 rings (SSSR count). The van der Waals surface area contributed by atoms with E-state index in [4.69, 9.17) is 14.8 Å². The second-order valence-electron chi connectivity index (χ2n) is 3.38. The summed E-state index contributed by atoms with van der Waals surface area (Å²) in [5, 5.41) is 17.9. The lowest BCUT2D eigenvalue weighted by atomic mass is 9.82. The number of aromatic nitrogens is 1. The molecular formula is C10H16BNO3. The van der Waals surface area contributed by atoms with Crippen LogP contribution in [0.3, 0.4) is 0 Å². The molecule has 2 N–H and O–H groups in total. The third kappa shape index (κ3) is 3.53. The Morgan fingerprint density at radius 1 is 1.33 bits per heavy atom. The smallest absolute Gasteiger partial charge is 0.489 e. The van der Waals surface area contributed by atoms with Crippen molar-refractivity contribution in [1.29, 1.82) is 0 Å². The van der Waals surface area contributed by atoms with Crippen LogP contribution in [0.5, 0.6) is 5.75 Å². The molecule has 0 bridgehead atoms. The van der Waals surface area contributed by atoms with E-state index in [9.17, 15) is 0 Å². The topological polar surface area (TPSA) is 62.6 Å². The fourth-order valence-electron chi connectivity index (χ4n) is 1.29. The summed E-state index contributed by atoms with van der Waals surface area (Å²) in [6.07, 6.45) is 4.97. The maximum Gasteiger partial charge on any atom is 0.490 e. The van der Waals surface area contributed by atoms with Crippen molar-refractivity contribution in [3.63, 3.8) is 0 Å². The summed E-state index contributed by atoms with van der Waals surface area (Å²) >= 11 is 0. The van der Waals surface area contributed by atoms with Crippen molar-refractivity contribution in [2.75, 3.05) is 0 Å². The predicted molar refractivity (Wildman–Crippen MR) is 59.1 cm³/mol. The fourth-order valence-corrected chi connectivity index (χ4v) is 1.29. The van der Waals surface area contributed by atoms with Gasteiger partial charge in [-0.05, 0) is 18.9 Å². The third-order valence-corrected chi connectivity index (χ3v) is 2.25. The Balaban J connectivity index is 2.72. The molecule has 0 saturated heterocycles. The molecule has 1 heterocycles. The van der Waals surface area contributed by atoms with Gasteiger partial charge in [0.1, 0.15) is 5.75 Å². The molecule has 82 valence electrons. The zero-order chi connectivity index (χ0) is 11.3. The average Bonchev–Trinajstić information content (AvgIpc) is 2.26. The van der Waals surface area contributed by atoms with Crippen molar-refractivity contribution in [3.05, 3.63) is 18.5 Å². The SMILES string of the molecule is CCC(CC)Oc1cncc(B(O)O)c1. The first-order chi connectivity index (χ1) is 7.17. The van der Waals surface area contributed by atoms with Crippen molar-refractivity contribution >= 4 is 12.6 Å². The van der Waals surface area contributed by atoms with Gasteiger partial charge < -0.3 is 14.8 Å². The summed E-state index contributed by atoms with van der Waals surface area (Å²) in [7, 11) is -1.50. The highest BCUT2D eigenvalue weighted by atomic mass is 16.5. The first kappa shape index (κ1) is 12.0. The van der Waals surface area contributed by atoms with E-state index in [-0.39, 0.29) is 6.10 Å². The van der Waals surface area contributed by atoms with E-state index in [0.29, 0.717) is 11.2 Å². The van der Waals surface area contributed by atoms with E-state index in [1.165, 1.54) is 6.20 Å². The van der Waals surface area contributed by atoms with Crippen molar-refractivity contribution in [1.82, 2.24) is 4.98 Å². The van der Waals surface area contributed by atoms with Gasteiger partial charge in [-0.25, -0.2) is 0 Å². The summed E-state index contributed by atoms with van der Waals surface area (Å²) < 4.78 is 5.62. The van der Waals surface area contributed by atoms with Gasteiger partial charge in [0.15, 0.2) is 0 Å². The molecule has 5 heteroatoms. The van der Waals surface area contributed by atoms with Crippen LogP contribution in [0.1, 0.15) is 26.7 Å². The van der Waals surface area contributed by atoms with Crippen molar-refractivity contribution < 1.29 is 14.8 Å². The van der Waals surface area contributed by atoms with E-state index in [1.807, 2.05) is 13.8 Å². The van der Waals surface area contributed by atoms with Crippen LogP contribution in [0.2, 0.25) is 0 Å². The lowest BCUT2D eigenvalue weighted by molar-refractivity contribution is 0.192. The quantitative estimate of drug-likeness (QED) is 0.686. The Bertz CT molecular complexity index is 302. The van der Waals surface area contributed by atoms with E-state index < -0.39 is 7.12 Å². The Kier molecular flexibility index (Phi) is 4.58. The van der Waals surface area contributed by atoms with Gasteiger partial charge in [0, 0.05) is 11.7 Å². The number of nitrogens with zero attached hydrogens (tertiary/aromatic N) is 1. The largest absolute Gasteiger partial charge is 0.490 e. The van der Waals surface area contributed by atoms with Crippen LogP contribution in [0.25, 0.3) is 0 Å². The molecule has 4 nitrogen and oxygen atoms in total. The zero-order valence-electron chi connectivity index (χ0n) is 9.05. The molecule has 0 unspecified atom stereocenters. The lowest BCUT2D eigenvalue weighted by Gasteiger charge is -2.15. The number of hydrogen-bond donors (Lipinski definition) is 2. The Hall–Kier alpha value is -1.07. The van der Waals surface area contributed by atoms with E-state index in [2.05, 4.69) is 4.98 Å². The Labute approximate surface area is 90.1 Å². The molecule has 0 saturated carbocycles. The van der Waals surface area contributed by atoms with Crippen LogP contribution in [0, 0.1) is 0 Å². The summed E-state index contributed by atoms with van der Waals surface area (Å²) in [6.45, 7) is 4.10. The fraction of sp³-hybridized carbons (Fsp3) is 0.500. The molecule has 0 aliphatic rings. The zero-order valence-corrected chi connectivity index (χ0v) is 9.05. The van der Waals surface area contributed by atoms with E-state index >= 15 is 0 Å². The van der Waals surface area contributed by atoms with E-state index in [0.717, 1.165) is 12.8 Å². The number of ether oxygens (including phenoxy) is 1. The minimum atomic E-state index is -1.50. The van der Waals surface area contributed by atoms with Gasteiger partial charge in [-0.1, -0.05) is 13.8 Å². The van der Waals surface area contributed by atoms with Crippen molar-refractivity contribution in [3.8, 4) is 5.75 Å². The van der Waals surface area contributed by atoms with Crippen molar-refractivity contribution in [2.45, 2.75) is 32.8 Å². The maximum absolute atomic E-state index is 8.96. The molecule has 1 aromatic heterocycles. The second kappa shape index (κ2) is 5.73. The number of pyridine rings is 1. The van der Waals surface area contributed by atoms with Gasteiger partial charge >= 0.3 is 7.12 Å². The molecule has 0 aliphatic carbocycles. The summed E-state index contributed by atoms with van der Waals surface area (Å²) in [6, 6.07) is 1.59. The van der Waals surface area contributed by atoms with Crippen LogP contribution in [-0.4, -0.2) is 28.3 Å². The predicted octanol–water partition coefficient (Wildman–Crippen LogP) is 0.329. The van der Waals surface area contributed by atoms with Crippen LogP contribution >= 0.6 is 0 Å². The van der Waals surface area contributed by atoms with Crippen LogP contribution in [0.15, 0.2) is 18.5 Å². The third-order valence-electron chi connectivity index (χ3n) is 2.25. The van der Waals surface area contributed by atoms with Crippen LogP contribution < -0.4 is 10.2 Å². The van der Waals surface area contributed by atoms with Gasteiger partial charge in [-0.15, -0.1) is 0 Å². The minimum absolute atomic E-state index is 0.151. The normalized spacial score (nSPS) is 10.5. The number of rotatable bonds is 5. The number of hydrogen-bond acceptors (Lipinski definition) is 4.